The van der Waals surface area contributed by atoms with Crippen molar-refractivity contribution < 1.29 is 9.90 Å². The Bertz CT molecular complexity index is 409. The van der Waals surface area contributed by atoms with Crippen molar-refractivity contribution in [2.45, 2.75) is 18.4 Å². The van der Waals surface area contributed by atoms with E-state index in [0.29, 0.717) is 4.88 Å². The van der Waals surface area contributed by atoms with E-state index in [2.05, 4.69) is 10.6 Å². The van der Waals surface area contributed by atoms with Gasteiger partial charge in [-0.1, -0.05) is 0 Å². The van der Waals surface area contributed by atoms with Gasteiger partial charge in [-0.05, 0) is 18.9 Å². The van der Waals surface area contributed by atoms with Crippen molar-refractivity contribution >= 4 is 28.0 Å². The molecular formula is C9H10N2O2S. The topological polar surface area (TPSA) is 61.4 Å². The van der Waals surface area contributed by atoms with Crippen LogP contribution in [0.25, 0.3) is 0 Å². The van der Waals surface area contributed by atoms with Crippen molar-refractivity contribution in [3.63, 3.8) is 0 Å². The Hall–Kier alpha value is -1.23. The van der Waals surface area contributed by atoms with Crippen molar-refractivity contribution in [2.24, 2.45) is 0 Å². The molecule has 0 unspecified atom stereocenters. The van der Waals surface area contributed by atoms with Gasteiger partial charge in [0.05, 0.1) is 11.2 Å². The molecule has 4 nitrogen and oxygen atoms in total. The van der Waals surface area contributed by atoms with Gasteiger partial charge < -0.3 is 15.7 Å². The quantitative estimate of drug-likeness (QED) is 0.661. The number of rotatable bonds is 1. The summed E-state index contributed by atoms with van der Waals surface area (Å²) < 4.78 is 0. The summed E-state index contributed by atoms with van der Waals surface area (Å²) >= 11 is 1.30. The molecule has 0 aromatic carbocycles. The standard InChI is InChI=1S/C9H10N2O2S/c12-8(13)6-3-5-7(14-6)10-4-9(11-5)1-2-9/h3,10-11H,1-2,4H2,(H,12,13). The number of carbonyl (C=O) groups is 1. The first-order chi connectivity index (χ1) is 6.69. The Morgan fingerprint density at radius 2 is 2.36 bits per heavy atom. The second-order valence-electron chi connectivity index (χ2n) is 3.92. The van der Waals surface area contributed by atoms with Gasteiger partial charge in [0.2, 0.25) is 0 Å². The molecule has 2 aliphatic rings. The summed E-state index contributed by atoms with van der Waals surface area (Å²) in [7, 11) is 0. The smallest absolute Gasteiger partial charge is 0.346 e. The van der Waals surface area contributed by atoms with Crippen LogP contribution in [-0.2, 0) is 0 Å². The summed E-state index contributed by atoms with van der Waals surface area (Å²) in [4.78, 5) is 11.1. The van der Waals surface area contributed by atoms with Crippen LogP contribution < -0.4 is 10.6 Å². The van der Waals surface area contributed by atoms with Crippen molar-refractivity contribution in [3.05, 3.63) is 10.9 Å². The predicted molar refractivity (Wildman–Crippen MR) is 55.4 cm³/mol. The molecule has 1 aromatic rings. The molecule has 14 heavy (non-hydrogen) atoms. The number of hydrogen-bond acceptors (Lipinski definition) is 4. The third-order valence-corrected chi connectivity index (χ3v) is 3.86. The fraction of sp³-hybridized carbons (Fsp3) is 0.444. The average molecular weight is 210 g/mol. The molecule has 0 saturated heterocycles. The first-order valence-corrected chi connectivity index (χ1v) is 5.39. The lowest BCUT2D eigenvalue weighted by atomic mass is 10.2. The van der Waals surface area contributed by atoms with Crippen LogP contribution in [-0.4, -0.2) is 23.2 Å². The van der Waals surface area contributed by atoms with E-state index in [1.807, 2.05) is 0 Å². The average Bonchev–Trinajstić information content (AvgIpc) is 2.76. The molecule has 1 spiro atoms. The number of nitrogens with one attached hydrogen (secondary N) is 2. The minimum absolute atomic E-state index is 0.226. The zero-order valence-electron chi connectivity index (χ0n) is 7.46. The van der Waals surface area contributed by atoms with E-state index in [4.69, 9.17) is 5.11 Å². The molecule has 1 aliphatic carbocycles. The van der Waals surface area contributed by atoms with Crippen molar-refractivity contribution in [3.8, 4) is 0 Å². The monoisotopic (exact) mass is 210 g/mol. The zero-order valence-corrected chi connectivity index (χ0v) is 8.28. The highest BCUT2D eigenvalue weighted by Gasteiger charge is 2.45. The van der Waals surface area contributed by atoms with Gasteiger partial charge in [-0.3, -0.25) is 0 Å². The van der Waals surface area contributed by atoms with Gasteiger partial charge in [0, 0.05) is 6.54 Å². The van der Waals surface area contributed by atoms with Crippen LogP contribution in [0.15, 0.2) is 6.07 Å². The van der Waals surface area contributed by atoms with Gasteiger partial charge in [0.25, 0.3) is 0 Å². The number of hydrogen-bond donors (Lipinski definition) is 3. The maximum atomic E-state index is 10.8. The normalized spacial score (nSPS) is 20.9. The minimum Gasteiger partial charge on any atom is -0.477 e. The molecule has 2 heterocycles. The number of fused-ring (bicyclic) bond motifs is 1. The van der Waals surface area contributed by atoms with Crippen LogP contribution in [0.5, 0.6) is 0 Å². The van der Waals surface area contributed by atoms with E-state index >= 15 is 0 Å². The first kappa shape index (κ1) is 8.11. The summed E-state index contributed by atoms with van der Waals surface area (Å²) in [5.41, 5.74) is 1.18. The lowest BCUT2D eigenvalue weighted by molar-refractivity contribution is 0.0702. The lowest BCUT2D eigenvalue weighted by Crippen LogP contribution is -2.34. The zero-order chi connectivity index (χ0) is 9.76. The molecule has 0 radical (unpaired) electrons. The minimum atomic E-state index is -0.849. The number of thiophene rings is 1. The van der Waals surface area contributed by atoms with E-state index in [9.17, 15) is 4.79 Å². The number of carboxylic acid groups (broad SMARTS) is 1. The molecule has 3 rings (SSSR count). The van der Waals surface area contributed by atoms with E-state index < -0.39 is 5.97 Å². The van der Waals surface area contributed by atoms with Gasteiger partial charge >= 0.3 is 5.97 Å². The van der Waals surface area contributed by atoms with E-state index in [-0.39, 0.29) is 5.54 Å². The summed E-state index contributed by atoms with van der Waals surface area (Å²) in [5, 5.41) is 16.5. The summed E-state index contributed by atoms with van der Waals surface area (Å²) in [5.74, 6) is -0.849. The van der Waals surface area contributed by atoms with Crippen LogP contribution >= 0.6 is 11.3 Å². The van der Waals surface area contributed by atoms with E-state index in [1.165, 1.54) is 24.2 Å². The van der Waals surface area contributed by atoms with Gasteiger partial charge in [-0.15, -0.1) is 11.3 Å². The number of carboxylic acids is 1. The van der Waals surface area contributed by atoms with Crippen molar-refractivity contribution in [2.75, 3.05) is 17.2 Å². The third kappa shape index (κ3) is 1.09. The maximum absolute atomic E-state index is 10.8. The lowest BCUT2D eigenvalue weighted by Gasteiger charge is -2.25. The summed E-state index contributed by atoms with van der Waals surface area (Å²) in [6.45, 7) is 0.916. The van der Waals surface area contributed by atoms with E-state index in [0.717, 1.165) is 17.2 Å². The number of aromatic carboxylic acids is 1. The SMILES string of the molecule is O=C(O)c1cc2c(s1)NCC1(CC1)N2. The Morgan fingerprint density at radius 3 is 3.00 bits per heavy atom. The van der Waals surface area contributed by atoms with Crippen molar-refractivity contribution in [1.29, 1.82) is 0 Å². The molecule has 1 aliphatic heterocycles. The van der Waals surface area contributed by atoms with Gasteiger partial charge in [-0.2, -0.15) is 0 Å². The highest BCUT2D eigenvalue weighted by Crippen LogP contribution is 2.46. The molecule has 0 atom stereocenters. The van der Waals surface area contributed by atoms with Crippen molar-refractivity contribution in [1.82, 2.24) is 0 Å². The Balaban J connectivity index is 1.97. The van der Waals surface area contributed by atoms with E-state index in [1.54, 1.807) is 6.07 Å². The number of anilines is 2. The van der Waals surface area contributed by atoms with Gasteiger partial charge in [0.15, 0.2) is 0 Å². The fourth-order valence-corrected chi connectivity index (χ4v) is 2.60. The molecule has 0 bridgehead atoms. The highest BCUT2D eigenvalue weighted by atomic mass is 32.1. The molecule has 1 aromatic heterocycles. The van der Waals surface area contributed by atoms with Gasteiger partial charge in [-0.25, -0.2) is 4.79 Å². The molecular weight excluding hydrogens is 200 g/mol. The maximum Gasteiger partial charge on any atom is 0.346 e. The second-order valence-corrected chi connectivity index (χ2v) is 4.97. The molecule has 3 N–H and O–H groups in total. The molecule has 1 fully saturated rings. The largest absolute Gasteiger partial charge is 0.477 e. The third-order valence-electron chi connectivity index (χ3n) is 2.78. The Morgan fingerprint density at radius 1 is 1.57 bits per heavy atom. The van der Waals surface area contributed by atoms with Crippen LogP contribution in [0.3, 0.4) is 0 Å². The fourth-order valence-electron chi connectivity index (χ4n) is 1.75. The Labute approximate surface area is 84.9 Å². The summed E-state index contributed by atoms with van der Waals surface area (Å²) in [6, 6.07) is 1.72. The summed E-state index contributed by atoms with van der Waals surface area (Å²) in [6.07, 6.45) is 2.36. The predicted octanol–water partition coefficient (Wildman–Crippen LogP) is 1.82. The Kier molecular flexibility index (Phi) is 1.40. The second kappa shape index (κ2) is 2.42. The molecule has 5 heteroatoms. The molecule has 74 valence electrons. The van der Waals surface area contributed by atoms with Crippen LogP contribution in [0.2, 0.25) is 0 Å². The van der Waals surface area contributed by atoms with Crippen LogP contribution in [0.1, 0.15) is 22.5 Å². The highest BCUT2D eigenvalue weighted by molar-refractivity contribution is 7.18. The van der Waals surface area contributed by atoms with Gasteiger partial charge in [0.1, 0.15) is 9.88 Å². The van der Waals surface area contributed by atoms with Crippen LogP contribution in [0.4, 0.5) is 10.7 Å². The van der Waals surface area contributed by atoms with Crippen LogP contribution in [0, 0.1) is 0 Å². The first-order valence-electron chi connectivity index (χ1n) is 4.58. The molecule has 0 amide bonds. The molecule has 1 saturated carbocycles.